The summed E-state index contributed by atoms with van der Waals surface area (Å²) in [7, 11) is 0. The van der Waals surface area contributed by atoms with E-state index in [1.165, 1.54) is 24.3 Å². The second kappa shape index (κ2) is 8.40. The Morgan fingerprint density at radius 3 is 2.46 bits per heavy atom. The lowest BCUT2D eigenvalue weighted by Gasteiger charge is -2.14. The fraction of sp³-hybridized carbons (Fsp3) is 0.278. The van der Waals surface area contributed by atoms with E-state index in [9.17, 15) is 14.4 Å². The first-order chi connectivity index (χ1) is 11.5. The lowest BCUT2D eigenvalue weighted by molar-refractivity contribution is -0.129. The number of ether oxygens (including phenoxy) is 1. The van der Waals surface area contributed by atoms with Crippen molar-refractivity contribution in [2.75, 3.05) is 6.54 Å². The number of amides is 1. The maximum absolute atomic E-state index is 12.5. The van der Waals surface area contributed by atoms with Gasteiger partial charge in [0.1, 0.15) is 0 Å². The largest absolute Gasteiger partial charge is 0.449 e. The van der Waals surface area contributed by atoms with Crippen molar-refractivity contribution >= 4 is 29.0 Å². The molecule has 1 heterocycles. The molecule has 0 saturated heterocycles. The molecule has 0 radical (unpaired) electrons. The van der Waals surface area contributed by atoms with Crippen LogP contribution in [0.4, 0.5) is 0 Å². The van der Waals surface area contributed by atoms with Gasteiger partial charge >= 0.3 is 5.97 Å². The van der Waals surface area contributed by atoms with Crippen LogP contribution in [-0.4, -0.2) is 30.3 Å². The van der Waals surface area contributed by atoms with Crippen molar-refractivity contribution in [2.24, 2.45) is 0 Å². The first-order valence-electron chi connectivity index (χ1n) is 7.70. The molecular formula is C18H19NO4S. The zero-order valence-electron chi connectivity index (χ0n) is 13.6. The Morgan fingerprint density at radius 2 is 1.83 bits per heavy atom. The summed E-state index contributed by atoms with van der Waals surface area (Å²) in [4.78, 5) is 37.3. The highest BCUT2D eigenvalue weighted by molar-refractivity contribution is 7.12. The molecule has 2 aromatic rings. The van der Waals surface area contributed by atoms with E-state index in [-0.39, 0.29) is 22.8 Å². The number of hydrogen-bond acceptors (Lipinski definition) is 5. The molecule has 5 nitrogen and oxygen atoms in total. The molecule has 0 aliphatic carbocycles. The first-order valence-corrected chi connectivity index (χ1v) is 8.58. The highest BCUT2D eigenvalue weighted by Crippen LogP contribution is 2.19. The minimum absolute atomic E-state index is 0.158. The molecule has 1 amide bonds. The van der Waals surface area contributed by atoms with Crippen molar-refractivity contribution < 1.29 is 19.1 Å². The fourth-order valence-corrected chi connectivity index (χ4v) is 2.75. The summed E-state index contributed by atoms with van der Waals surface area (Å²) in [5, 5.41) is 4.47. The molecule has 0 bridgehead atoms. The molecule has 1 N–H and O–H groups in total. The maximum atomic E-state index is 12.5. The van der Waals surface area contributed by atoms with Crippen molar-refractivity contribution in [3.8, 4) is 0 Å². The van der Waals surface area contributed by atoms with Gasteiger partial charge in [0.05, 0.1) is 10.4 Å². The molecule has 0 aliphatic rings. The topological polar surface area (TPSA) is 72.5 Å². The minimum atomic E-state index is -0.922. The third kappa shape index (κ3) is 4.29. The van der Waals surface area contributed by atoms with Crippen LogP contribution in [0.3, 0.4) is 0 Å². The van der Waals surface area contributed by atoms with Crippen LogP contribution < -0.4 is 5.32 Å². The molecule has 6 heteroatoms. The van der Waals surface area contributed by atoms with Crippen LogP contribution in [0.5, 0.6) is 0 Å². The van der Waals surface area contributed by atoms with Crippen molar-refractivity contribution in [3.63, 3.8) is 0 Å². The molecule has 0 fully saturated rings. The summed E-state index contributed by atoms with van der Waals surface area (Å²) < 4.78 is 5.20. The van der Waals surface area contributed by atoms with Crippen LogP contribution >= 0.6 is 11.3 Å². The predicted molar refractivity (Wildman–Crippen MR) is 92.4 cm³/mol. The van der Waals surface area contributed by atoms with Crippen molar-refractivity contribution in [2.45, 2.75) is 26.4 Å². The van der Waals surface area contributed by atoms with Gasteiger partial charge in [0.15, 0.2) is 6.10 Å². The molecule has 2 rings (SSSR count). The zero-order valence-corrected chi connectivity index (χ0v) is 14.4. The Bertz CT molecular complexity index is 724. The fourth-order valence-electron chi connectivity index (χ4n) is 2.07. The van der Waals surface area contributed by atoms with Crippen LogP contribution in [0, 0.1) is 0 Å². The number of benzene rings is 1. The Morgan fingerprint density at radius 1 is 1.12 bits per heavy atom. The van der Waals surface area contributed by atoms with Gasteiger partial charge in [-0.2, -0.15) is 0 Å². The lowest BCUT2D eigenvalue weighted by Crippen LogP contribution is -2.36. The molecule has 0 spiro atoms. The number of nitrogens with one attached hydrogen (secondary N) is 1. The smallest absolute Gasteiger partial charge is 0.339 e. The SMILES string of the molecule is CCCNC(=O)[C@H](C)OC(=O)c1ccccc1C(=O)c1cccs1. The quantitative estimate of drug-likeness (QED) is 0.618. The van der Waals surface area contributed by atoms with Gasteiger partial charge in [0.25, 0.3) is 5.91 Å². The summed E-state index contributed by atoms with van der Waals surface area (Å²) in [6.07, 6.45) is -0.126. The molecule has 0 saturated carbocycles. The summed E-state index contributed by atoms with van der Waals surface area (Å²) in [6, 6.07) is 9.94. The number of carbonyl (C=O) groups excluding carboxylic acids is 3. The van der Waals surface area contributed by atoms with Gasteiger partial charge in [0.2, 0.25) is 5.78 Å². The summed E-state index contributed by atoms with van der Waals surface area (Å²) >= 11 is 1.31. The third-order valence-corrected chi connectivity index (χ3v) is 4.21. The van der Waals surface area contributed by atoms with E-state index in [1.807, 2.05) is 6.92 Å². The van der Waals surface area contributed by atoms with Crippen LogP contribution in [0.25, 0.3) is 0 Å². The van der Waals surface area contributed by atoms with Gasteiger partial charge in [-0.05, 0) is 30.9 Å². The van der Waals surface area contributed by atoms with Gasteiger partial charge < -0.3 is 10.1 Å². The molecule has 0 unspecified atom stereocenters. The monoisotopic (exact) mass is 345 g/mol. The number of rotatable bonds is 7. The minimum Gasteiger partial charge on any atom is -0.449 e. The molecule has 1 aromatic heterocycles. The Labute approximate surface area is 144 Å². The summed E-state index contributed by atoms with van der Waals surface area (Å²) in [6.45, 7) is 3.96. The highest BCUT2D eigenvalue weighted by atomic mass is 32.1. The normalized spacial score (nSPS) is 11.6. The molecular weight excluding hydrogens is 326 g/mol. The zero-order chi connectivity index (χ0) is 17.5. The van der Waals surface area contributed by atoms with E-state index >= 15 is 0 Å². The van der Waals surface area contributed by atoms with Crippen LogP contribution in [0.2, 0.25) is 0 Å². The average molecular weight is 345 g/mol. The Kier molecular flexibility index (Phi) is 6.26. The second-order valence-corrected chi connectivity index (χ2v) is 6.14. The molecule has 1 aromatic carbocycles. The molecule has 1 atom stereocenters. The van der Waals surface area contributed by atoms with Crippen LogP contribution in [0.1, 0.15) is 45.9 Å². The molecule has 126 valence electrons. The Balaban J connectivity index is 2.15. The van der Waals surface area contributed by atoms with Crippen molar-refractivity contribution in [1.82, 2.24) is 5.32 Å². The second-order valence-electron chi connectivity index (χ2n) is 5.19. The summed E-state index contributed by atoms with van der Waals surface area (Å²) in [5.74, 6) is -1.28. The highest BCUT2D eigenvalue weighted by Gasteiger charge is 2.23. The number of hydrogen-bond donors (Lipinski definition) is 1. The lowest BCUT2D eigenvalue weighted by atomic mass is 10.0. The summed E-state index contributed by atoms with van der Waals surface area (Å²) in [5.41, 5.74) is 0.428. The van der Waals surface area contributed by atoms with E-state index in [0.29, 0.717) is 11.4 Å². The van der Waals surface area contributed by atoms with E-state index in [2.05, 4.69) is 5.32 Å². The molecule has 0 aliphatic heterocycles. The number of ketones is 1. The third-order valence-electron chi connectivity index (χ3n) is 3.34. The predicted octanol–water partition coefficient (Wildman–Crippen LogP) is 3.05. The van der Waals surface area contributed by atoms with E-state index in [0.717, 1.165) is 6.42 Å². The van der Waals surface area contributed by atoms with E-state index < -0.39 is 12.1 Å². The molecule has 24 heavy (non-hydrogen) atoms. The van der Waals surface area contributed by atoms with Gasteiger partial charge in [-0.1, -0.05) is 31.2 Å². The maximum Gasteiger partial charge on any atom is 0.339 e. The van der Waals surface area contributed by atoms with E-state index in [4.69, 9.17) is 4.74 Å². The first kappa shape index (κ1) is 17.9. The van der Waals surface area contributed by atoms with Crippen LogP contribution in [0.15, 0.2) is 41.8 Å². The van der Waals surface area contributed by atoms with Crippen molar-refractivity contribution in [1.29, 1.82) is 0 Å². The van der Waals surface area contributed by atoms with Gasteiger partial charge in [-0.15, -0.1) is 11.3 Å². The van der Waals surface area contributed by atoms with E-state index in [1.54, 1.807) is 35.7 Å². The standard InChI is InChI=1S/C18H19NO4S/c1-3-10-19-17(21)12(2)23-18(22)14-8-5-4-7-13(14)16(20)15-9-6-11-24-15/h4-9,11-12H,3,10H2,1-2H3,(H,19,21)/t12-/m0/s1. The number of thiophene rings is 1. The van der Waals surface area contributed by atoms with Crippen molar-refractivity contribution in [3.05, 3.63) is 57.8 Å². The Hall–Kier alpha value is -2.47. The van der Waals surface area contributed by atoms with Gasteiger partial charge in [-0.3, -0.25) is 9.59 Å². The van der Waals surface area contributed by atoms with Gasteiger partial charge in [-0.25, -0.2) is 4.79 Å². The number of carbonyl (C=O) groups is 3. The van der Waals surface area contributed by atoms with Crippen LogP contribution in [-0.2, 0) is 9.53 Å². The number of esters is 1. The average Bonchev–Trinajstić information content (AvgIpc) is 3.13. The van der Waals surface area contributed by atoms with Gasteiger partial charge in [0, 0.05) is 12.1 Å².